The van der Waals surface area contributed by atoms with Gasteiger partial charge in [-0.3, -0.25) is 4.79 Å². The van der Waals surface area contributed by atoms with Crippen LogP contribution in [0.3, 0.4) is 0 Å². The molecule has 0 heterocycles. The van der Waals surface area contributed by atoms with E-state index >= 15 is 0 Å². The SMILES string of the molecule is CC(C)COCCCC(=O)NCCOCCOCCCCCCCl. The third kappa shape index (κ3) is 19.7. The minimum Gasteiger partial charge on any atom is -0.381 e. The van der Waals surface area contributed by atoms with Crippen LogP contribution in [0.1, 0.15) is 52.4 Å². The third-order valence-electron chi connectivity index (χ3n) is 3.26. The van der Waals surface area contributed by atoms with Crippen LogP contribution in [0.25, 0.3) is 0 Å². The maximum Gasteiger partial charge on any atom is 0.220 e. The summed E-state index contributed by atoms with van der Waals surface area (Å²) in [4.78, 5) is 11.6. The van der Waals surface area contributed by atoms with Crippen LogP contribution >= 0.6 is 11.6 Å². The summed E-state index contributed by atoms with van der Waals surface area (Å²) in [5.41, 5.74) is 0. The molecule has 0 aliphatic rings. The molecule has 144 valence electrons. The van der Waals surface area contributed by atoms with Crippen molar-refractivity contribution in [3.63, 3.8) is 0 Å². The molecule has 6 heteroatoms. The Labute approximate surface area is 152 Å². The average molecular weight is 366 g/mol. The van der Waals surface area contributed by atoms with E-state index in [2.05, 4.69) is 19.2 Å². The summed E-state index contributed by atoms with van der Waals surface area (Å²) in [6.45, 7) is 8.65. The van der Waals surface area contributed by atoms with E-state index in [4.69, 9.17) is 25.8 Å². The molecule has 5 nitrogen and oxygen atoms in total. The van der Waals surface area contributed by atoms with Gasteiger partial charge in [-0.15, -0.1) is 11.6 Å². The minimum absolute atomic E-state index is 0.0555. The van der Waals surface area contributed by atoms with Gasteiger partial charge in [-0.05, 0) is 25.2 Å². The molecule has 0 saturated heterocycles. The summed E-state index contributed by atoms with van der Waals surface area (Å²) < 4.78 is 16.3. The molecule has 24 heavy (non-hydrogen) atoms. The van der Waals surface area contributed by atoms with E-state index in [1.807, 2.05) is 0 Å². The van der Waals surface area contributed by atoms with Crippen molar-refractivity contribution in [2.24, 2.45) is 5.92 Å². The van der Waals surface area contributed by atoms with Gasteiger partial charge in [0, 0.05) is 38.7 Å². The lowest BCUT2D eigenvalue weighted by atomic mass is 10.2. The van der Waals surface area contributed by atoms with Crippen molar-refractivity contribution in [2.45, 2.75) is 52.4 Å². The maximum absolute atomic E-state index is 11.6. The van der Waals surface area contributed by atoms with Crippen LogP contribution < -0.4 is 5.32 Å². The van der Waals surface area contributed by atoms with Crippen molar-refractivity contribution in [1.82, 2.24) is 5.32 Å². The number of halogens is 1. The second kappa shape index (κ2) is 19.0. The fourth-order valence-corrected chi connectivity index (χ4v) is 2.17. The lowest BCUT2D eigenvalue weighted by Gasteiger charge is -2.08. The molecule has 0 fully saturated rings. The second-order valence-corrected chi connectivity index (χ2v) is 6.63. The normalized spacial score (nSPS) is 11.2. The van der Waals surface area contributed by atoms with Crippen molar-refractivity contribution in [3.8, 4) is 0 Å². The van der Waals surface area contributed by atoms with Crippen molar-refractivity contribution in [2.75, 3.05) is 52.1 Å². The van der Waals surface area contributed by atoms with E-state index in [9.17, 15) is 4.79 Å². The number of hydrogen-bond acceptors (Lipinski definition) is 4. The maximum atomic E-state index is 11.6. The number of amides is 1. The van der Waals surface area contributed by atoms with E-state index in [0.717, 1.165) is 38.4 Å². The van der Waals surface area contributed by atoms with E-state index in [1.165, 1.54) is 12.8 Å². The van der Waals surface area contributed by atoms with Crippen LogP contribution in [-0.2, 0) is 19.0 Å². The van der Waals surface area contributed by atoms with Crippen LogP contribution in [0.5, 0.6) is 0 Å². The number of rotatable bonds is 18. The number of carbonyl (C=O) groups excluding carboxylic acids is 1. The Hall–Kier alpha value is -0.360. The van der Waals surface area contributed by atoms with E-state index in [0.29, 0.717) is 45.3 Å². The summed E-state index contributed by atoms with van der Waals surface area (Å²) in [5.74, 6) is 1.34. The molecule has 0 bridgehead atoms. The van der Waals surface area contributed by atoms with Crippen LogP contribution in [-0.4, -0.2) is 58.0 Å². The van der Waals surface area contributed by atoms with Gasteiger partial charge in [0.05, 0.1) is 19.8 Å². The molecule has 0 aromatic heterocycles. The fraction of sp³-hybridized carbons (Fsp3) is 0.944. The van der Waals surface area contributed by atoms with Crippen LogP contribution in [0.15, 0.2) is 0 Å². The quantitative estimate of drug-likeness (QED) is 0.299. The smallest absolute Gasteiger partial charge is 0.220 e. The monoisotopic (exact) mass is 365 g/mol. The third-order valence-corrected chi connectivity index (χ3v) is 3.52. The van der Waals surface area contributed by atoms with E-state index < -0.39 is 0 Å². The number of unbranched alkanes of at least 4 members (excludes halogenated alkanes) is 3. The highest BCUT2D eigenvalue weighted by Gasteiger charge is 2.01. The molecule has 0 aliphatic heterocycles. The first-order valence-electron chi connectivity index (χ1n) is 9.22. The van der Waals surface area contributed by atoms with Crippen molar-refractivity contribution >= 4 is 17.5 Å². The second-order valence-electron chi connectivity index (χ2n) is 6.25. The van der Waals surface area contributed by atoms with Crippen LogP contribution in [0.2, 0.25) is 0 Å². The predicted molar refractivity (Wildman–Crippen MR) is 98.7 cm³/mol. The first kappa shape index (κ1) is 23.6. The summed E-state index contributed by atoms with van der Waals surface area (Å²) in [5, 5.41) is 2.84. The summed E-state index contributed by atoms with van der Waals surface area (Å²) in [7, 11) is 0. The minimum atomic E-state index is 0.0555. The van der Waals surface area contributed by atoms with Crippen molar-refractivity contribution in [1.29, 1.82) is 0 Å². The topological polar surface area (TPSA) is 56.8 Å². The van der Waals surface area contributed by atoms with Gasteiger partial charge in [0.1, 0.15) is 0 Å². The number of ether oxygens (including phenoxy) is 3. The molecule has 0 saturated carbocycles. The molecule has 0 spiro atoms. The molecular formula is C18H36ClNO4. The van der Waals surface area contributed by atoms with E-state index in [-0.39, 0.29) is 5.91 Å². The van der Waals surface area contributed by atoms with Crippen LogP contribution in [0, 0.1) is 5.92 Å². The van der Waals surface area contributed by atoms with Gasteiger partial charge >= 0.3 is 0 Å². The summed E-state index contributed by atoms with van der Waals surface area (Å²) in [6, 6.07) is 0. The highest BCUT2D eigenvalue weighted by molar-refractivity contribution is 6.17. The average Bonchev–Trinajstić information content (AvgIpc) is 2.55. The molecule has 0 unspecified atom stereocenters. The highest BCUT2D eigenvalue weighted by Crippen LogP contribution is 2.01. The Balaban J connectivity index is 3.14. The van der Waals surface area contributed by atoms with Gasteiger partial charge in [0.15, 0.2) is 0 Å². The Morgan fingerprint density at radius 3 is 2.25 bits per heavy atom. The lowest BCUT2D eigenvalue weighted by molar-refractivity contribution is -0.121. The molecule has 0 aromatic carbocycles. The number of carbonyl (C=O) groups is 1. The summed E-state index contributed by atoms with van der Waals surface area (Å²) in [6.07, 6.45) is 5.77. The van der Waals surface area contributed by atoms with E-state index in [1.54, 1.807) is 0 Å². The first-order chi connectivity index (χ1) is 11.7. The Kier molecular flexibility index (Phi) is 18.7. The van der Waals surface area contributed by atoms with Crippen molar-refractivity contribution in [3.05, 3.63) is 0 Å². The molecule has 0 atom stereocenters. The van der Waals surface area contributed by atoms with Crippen molar-refractivity contribution < 1.29 is 19.0 Å². The van der Waals surface area contributed by atoms with Crippen LogP contribution in [0.4, 0.5) is 0 Å². The predicted octanol–water partition coefficient (Wildman–Crippen LogP) is 3.39. The van der Waals surface area contributed by atoms with Gasteiger partial charge in [0.25, 0.3) is 0 Å². The molecule has 0 rings (SSSR count). The molecular weight excluding hydrogens is 330 g/mol. The molecule has 0 aliphatic carbocycles. The van der Waals surface area contributed by atoms with Gasteiger partial charge in [-0.25, -0.2) is 0 Å². The largest absolute Gasteiger partial charge is 0.381 e. The van der Waals surface area contributed by atoms with Gasteiger partial charge < -0.3 is 19.5 Å². The van der Waals surface area contributed by atoms with Gasteiger partial charge in [-0.2, -0.15) is 0 Å². The zero-order chi connectivity index (χ0) is 17.9. The Bertz CT molecular complexity index is 278. The molecule has 1 amide bonds. The first-order valence-corrected chi connectivity index (χ1v) is 9.76. The zero-order valence-corrected chi connectivity index (χ0v) is 16.2. The molecule has 1 N–H and O–H groups in total. The molecule has 0 radical (unpaired) electrons. The Morgan fingerprint density at radius 1 is 0.875 bits per heavy atom. The number of nitrogens with one attached hydrogen (secondary N) is 1. The van der Waals surface area contributed by atoms with Gasteiger partial charge in [0.2, 0.25) is 5.91 Å². The van der Waals surface area contributed by atoms with Gasteiger partial charge in [-0.1, -0.05) is 26.7 Å². The highest BCUT2D eigenvalue weighted by atomic mass is 35.5. The number of alkyl halides is 1. The zero-order valence-electron chi connectivity index (χ0n) is 15.5. The fourth-order valence-electron chi connectivity index (χ4n) is 1.98. The lowest BCUT2D eigenvalue weighted by Crippen LogP contribution is -2.27. The summed E-state index contributed by atoms with van der Waals surface area (Å²) >= 11 is 5.61. The molecule has 0 aromatic rings. The Morgan fingerprint density at radius 2 is 1.54 bits per heavy atom. The standard InChI is InChI=1S/C18H36ClNO4/c1-17(2)16-24-12-7-8-18(21)20-10-13-23-15-14-22-11-6-4-3-5-9-19/h17H,3-16H2,1-2H3,(H,20,21). The number of hydrogen-bond donors (Lipinski definition) is 1.